The minimum atomic E-state index is -1.41. The Labute approximate surface area is 262 Å². The zero-order chi connectivity index (χ0) is 31.9. The molecule has 44 heavy (non-hydrogen) atoms. The van der Waals surface area contributed by atoms with Gasteiger partial charge in [-0.25, -0.2) is 10.2 Å². The van der Waals surface area contributed by atoms with E-state index in [1.807, 2.05) is 6.07 Å². The molecule has 0 aliphatic carbocycles. The molecule has 230 valence electrons. The Hall–Kier alpha value is -5.06. The highest BCUT2D eigenvalue weighted by molar-refractivity contribution is 9.10. The molecule has 3 rings (SSSR count). The van der Waals surface area contributed by atoms with E-state index in [0.717, 1.165) is 5.56 Å². The lowest BCUT2D eigenvalue weighted by Crippen LogP contribution is -2.55. The van der Waals surface area contributed by atoms with Crippen molar-refractivity contribution in [2.45, 2.75) is 25.1 Å². The summed E-state index contributed by atoms with van der Waals surface area (Å²) in [6.07, 6.45) is 5.70. The van der Waals surface area contributed by atoms with Crippen molar-refractivity contribution < 1.29 is 38.8 Å². The molecular formula is C31H31BrN4O8. The number of alkyl carbamates (subject to hydrolysis) is 1. The van der Waals surface area contributed by atoms with Crippen LogP contribution in [0.25, 0.3) is 0 Å². The molecule has 2 atom stereocenters. The fraction of sp³-hybridized carbons (Fsp3) is 0.226. The number of hydrogen-bond donors (Lipinski definition) is 5. The first-order chi connectivity index (χ1) is 21.2. The van der Waals surface area contributed by atoms with Gasteiger partial charge in [0.2, 0.25) is 5.91 Å². The van der Waals surface area contributed by atoms with Crippen molar-refractivity contribution in [3.8, 4) is 29.6 Å². The van der Waals surface area contributed by atoms with E-state index in [1.54, 1.807) is 48.5 Å². The number of carbonyl (C=O) groups is 3. The van der Waals surface area contributed by atoms with Crippen LogP contribution in [0, 0.1) is 12.3 Å². The lowest BCUT2D eigenvalue weighted by Gasteiger charge is -2.21. The summed E-state index contributed by atoms with van der Waals surface area (Å²) in [5.41, 5.74) is 4.27. The number of benzene rings is 3. The molecule has 0 spiro atoms. The van der Waals surface area contributed by atoms with E-state index in [-0.39, 0.29) is 25.4 Å². The Kier molecular flexibility index (Phi) is 13.0. The minimum Gasteiger partial charge on any atom is -0.508 e. The number of rotatable bonds is 14. The third-order valence-corrected chi connectivity index (χ3v) is 6.54. The molecule has 0 aromatic heterocycles. The fourth-order valence-corrected chi connectivity index (χ4v) is 4.34. The van der Waals surface area contributed by atoms with Crippen LogP contribution in [0.5, 0.6) is 17.2 Å². The number of ether oxygens (including phenoxy) is 3. The SMILES string of the molecule is C#CCOc1c(Br)cc(/C=N\NC(=O)[C@H](Cc2ccc(O)cc2)NC(=O)[C@H](CO)NC(=O)OCc2ccccc2)cc1OC. The Morgan fingerprint density at radius 3 is 2.41 bits per heavy atom. The van der Waals surface area contributed by atoms with Crippen LogP contribution in [0.15, 0.2) is 76.3 Å². The molecule has 3 aromatic carbocycles. The second kappa shape index (κ2) is 17.2. The molecule has 0 radical (unpaired) electrons. The lowest BCUT2D eigenvalue weighted by molar-refractivity contribution is -0.130. The highest BCUT2D eigenvalue weighted by atomic mass is 79.9. The number of aliphatic hydroxyl groups is 1. The Morgan fingerprint density at radius 1 is 1.02 bits per heavy atom. The summed E-state index contributed by atoms with van der Waals surface area (Å²) in [6, 6.07) is 15.7. The highest BCUT2D eigenvalue weighted by Crippen LogP contribution is 2.36. The zero-order valence-electron chi connectivity index (χ0n) is 23.7. The third-order valence-electron chi connectivity index (χ3n) is 5.95. The average Bonchev–Trinajstić information content (AvgIpc) is 3.02. The highest BCUT2D eigenvalue weighted by Gasteiger charge is 2.27. The standard InChI is InChI=1S/C31H31BrN4O8/c1-3-13-43-28-24(32)14-22(16-27(28)42-2)17-33-36-30(40)25(15-20-9-11-23(38)12-10-20)34-29(39)26(18-37)35-31(41)44-19-21-7-5-4-6-8-21/h1,4-12,14,16-17,25-26,37-38H,13,15,18-19H2,2H3,(H,34,39)(H,35,41)(H,36,40)/b33-17-/t25-,26-/m0/s1. The van der Waals surface area contributed by atoms with Gasteiger partial charge in [0.25, 0.3) is 5.91 Å². The molecule has 12 nitrogen and oxygen atoms in total. The monoisotopic (exact) mass is 666 g/mol. The quantitative estimate of drug-likeness (QED) is 0.0994. The molecule has 0 aliphatic rings. The fourth-order valence-electron chi connectivity index (χ4n) is 3.77. The van der Waals surface area contributed by atoms with Gasteiger partial charge in [-0.2, -0.15) is 5.10 Å². The first kappa shape index (κ1) is 33.4. The zero-order valence-corrected chi connectivity index (χ0v) is 25.2. The predicted octanol–water partition coefficient (Wildman–Crippen LogP) is 2.64. The first-order valence-corrected chi connectivity index (χ1v) is 14.0. The Balaban J connectivity index is 1.69. The normalized spacial score (nSPS) is 12.0. The molecule has 0 unspecified atom stereocenters. The van der Waals surface area contributed by atoms with Crippen LogP contribution in [0.1, 0.15) is 16.7 Å². The van der Waals surface area contributed by atoms with Gasteiger partial charge in [-0.05, 0) is 56.9 Å². The van der Waals surface area contributed by atoms with Crippen molar-refractivity contribution in [2.24, 2.45) is 5.10 Å². The largest absolute Gasteiger partial charge is 0.508 e. The molecule has 5 N–H and O–H groups in total. The summed E-state index contributed by atoms with van der Waals surface area (Å²) < 4.78 is 16.5. The molecule has 0 saturated heterocycles. The average molecular weight is 668 g/mol. The van der Waals surface area contributed by atoms with E-state index >= 15 is 0 Å². The van der Waals surface area contributed by atoms with Gasteiger partial charge in [-0.15, -0.1) is 6.42 Å². The molecule has 3 amide bonds. The Morgan fingerprint density at radius 2 is 1.75 bits per heavy atom. The number of phenols is 1. The van der Waals surface area contributed by atoms with Crippen LogP contribution in [-0.4, -0.2) is 66.7 Å². The van der Waals surface area contributed by atoms with Gasteiger partial charge in [0.1, 0.15) is 31.0 Å². The van der Waals surface area contributed by atoms with Gasteiger partial charge < -0.3 is 35.1 Å². The van der Waals surface area contributed by atoms with Crippen molar-refractivity contribution in [1.29, 1.82) is 0 Å². The van der Waals surface area contributed by atoms with Crippen molar-refractivity contribution in [3.63, 3.8) is 0 Å². The molecule has 0 heterocycles. The van der Waals surface area contributed by atoms with Crippen LogP contribution >= 0.6 is 15.9 Å². The predicted molar refractivity (Wildman–Crippen MR) is 165 cm³/mol. The van der Waals surface area contributed by atoms with Crippen LogP contribution in [0.3, 0.4) is 0 Å². The van der Waals surface area contributed by atoms with Crippen LogP contribution < -0.4 is 25.5 Å². The van der Waals surface area contributed by atoms with E-state index in [4.69, 9.17) is 20.6 Å². The number of terminal acetylenes is 1. The van der Waals surface area contributed by atoms with Crippen molar-refractivity contribution in [3.05, 3.63) is 87.9 Å². The van der Waals surface area contributed by atoms with Crippen LogP contribution in [-0.2, 0) is 27.4 Å². The second-order valence-corrected chi connectivity index (χ2v) is 9.99. The maximum absolute atomic E-state index is 13.2. The molecule has 0 bridgehead atoms. The molecular weight excluding hydrogens is 636 g/mol. The number of hydrazone groups is 1. The summed E-state index contributed by atoms with van der Waals surface area (Å²) in [4.78, 5) is 38.4. The third kappa shape index (κ3) is 10.3. The molecule has 0 aliphatic heterocycles. The van der Waals surface area contributed by atoms with Crippen LogP contribution in [0.4, 0.5) is 4.79 Å². The smallest absolute Gasteiger partial charge is 0.408 e. The van der Waals surface area contributed by atoms with Gasteiger partial charge in [-0.1, -0.05) is 48.4 Å². The van der Waals surface area contributed by atoms with Crippen molar-refractivity contribution in [1.82, 2.24) is 16.1 Å². The number of aliphatic hydroxyl groups excluding tert-OH is 1. The van der Waals surface area contributed by atoms with Gasteiger partial charge >= 0.3 is 6.09 Å². The van der Waals surface area contributed by atoms with Crippen molar-refractivity contribution >= 4 is 40.1 Å². The van der Waals surface area contributed by atoms with Gasteiger partial charge in [0, 0.05) is 6.42 Å². The summed E-state index contributed by atoms with van der Waals surface area (Å²) in [5, 5.41) is 28.2. The van der Waals surface area contributed by atoms with E-state index in [0.29, 0.717) is 27.1 Å². The summed E-state index contributed by atoms with van der Waals surface area (Å²) in [5.74, 6) is 1.67. The molecule has 0 fully saturated rings. The number of amides is 3. The van der Waals surface area contributed by atoms with E-state index < -0.39 is 36.6 Å². The topological polar surface area (TPSA) is 168 Å². The summed E-state index contributed by atoms with van der Waals surface area (Å²) in [6.45, 7) is -0.761. The number of phenolic OH excluding ortho intramolecular Hbond substituents is 1. The number of nitrogens with one attached hydrogen (secondary N) is 3. The van der Waals surface area contributed by atoms with E-state index in [2.05, 4.69) is 43.0 Å². The number of carbonyl (C=O) groups excluding carboxylic acids is 3. The number of hydrogen-bond acceptors (Lipinski definition) is 9. The van der Waals surface area contributed by atoms with Gasteiger partial charge in [0.05, 0.1) is 24.4 Å². The minimum absolute atomic E-state index is 0.00452. The van der Waals surface area contributed by atoms with Gasteiger partial charge in [0.15, 0.2) is 11.5 Å². The maximum Gasteiger partial charge on any atom is 0.408 e. The molecule has 0 saturated carbocycles. The van der Waals surface area contributed by atoms with Gasteiger partial charge in [-0.3, -0.25) is 9.59 Å². The second-order valence-electron chi connectivity index (χ2n) is 9.13. The summed E-state index contributed by atoms with van der Waals surface area (Å²) >= 11 is 3.39. The first-order valence-electron chi connectivity index (χ1n) is 13.2. The number of aromatic hydroxyl groups is 1. The maximum atomic E-state index is 13.2. The van der Waals surface area contributed by atoms with E-state index in [1.165, 1.54) is 25.5 Å². The lowest BCUT2D eigenvalue weighted by atomic mass is 10.0. The van der Waals surface area contributed by atoms with Crippen LogP contribution in [0.2, 0.25) is 0 Å². The summed E-state index contributed by atoms with van der Waals surface area (Å²) in [7, 11) is 1.46. The van der Waals surface area contributed by atoms with Crippen molar-refractivity contribution in [2.75, 3.05) is 20.3 Å². The Bertz CT molecular complexity index is 1490. The number of nitrogens with zero attached hydrogens (tertiary/aromatic N) is 1. The number of halogens is 1. The molecule has 13 heteroatoms. The van der Waals surface area contributed by atoms with E-state index in [9.17, 15) is 24.6 Å². The number of methoxy groups -OCH3 is 1. The molecule has 3 aromatic rings.